The standard InChI is InChI=1S/C20H22N2O5/c1-12-17(25-16-6-5-9-22-18(16)24)14-10-20(11-21,26-13(2)23)8-7-15(14)27-19(12,3)4/h5-9,12,17H,10H2,1-4H3,(H,22,24). The van der Waals surface area contributed by atoms with Gasteiger partial charge in [0.2, 0.25) is 5.60 Å². The van der Waals surface area contributed by atoms with Crippen molar-refractivity contribution in [2.45, 2.75) is 51.4 Å². The number of pyridine rings is 1. The van der Waals surface area contributed by atoms with E-state index in [2.05, 4.69) is 11.1 Å². The molecule has 1 aliphatic carbocycles. The van der Waals surface area contributed by atoms with Crippen LogP contribution in [0.1, 0.15) is 34.1 Å². The predicted octanol–water partition coefficient (Wildman–Crippen LogP) is 3.02. The van der Waals surface area contributed by atoms with Crippen LogP contribution in [0.15, 0.2) is 41.8 Å². The summed E-state index contributed by atoms with van der Waals surface area (Å²) in [5, 5.41) is 19.6. The molecule has 0 amide bonds. The van der Waals surface area contributed by atoms with Gasteiger partial charge in [-0.05, 0) is 38.1 Å². The van der Waals surface area contributed by atoms with Crippen molar-refractivity contribution in [3.63, 3.8) is 0 Å². The molecule has 1 aromatic heterocycles. The molecule has 0 fully saturated rings. The maximum Gasteiger partial charge on any atom is 0.304 e. The summed E-state index contributed by atoms with van der Waals surface area (Å²) in [6.45, 7) is 7.14. The van der Waals surface area contributed by atoms with Crippen LogP contribution in [0.3, 0.4) is 0 Å². The SMILES string of the molecule is CC(=O)OC1(C#N)C=CC2=C(C1)C(Oc1cccnc1O)C(C)C(C)(C)O2. The number of hydrogen-bond donors (Lipinski definition) is 1. The molecule has 142 valence electrons. The summed E-state index contributed by atoms with van der Waals surface area (Å²) < 4.78 is 17.5. The highest BCUT2D eigenvalue weighted by atomic mass is 16.6. The molecular weight excluding hydrogens is 348 g/mol. The van der Waals surface area contributed by atoms with Crippen LogP contribution in [-0.4, -0.2) is 33.4 Å². The second-order valence-electron chi connectivity index (χ2n) is 7.35. The van der Waals surface area contributed by atoms with Gasteiger partial charge in [-0.2, -0.15) is 5.26 Å². The first-order valence-electron chi connectivity index (χ1n) is 8.70. The number of ether oxygens (including phenoxy) is 3. The molecule has 1 N–H and O–H groups in total. The first-order chi connectivity index (χ1) is 12.7. The van der Waals surface area contributed by atoms with Crippen LogP contribution >= 0.6 is 0 Å². The van der Waals surface area contributed by atoms with Crippen LogP contribution in [-0.2, 0) is 14.3 Å². The normalized spacial score (nSPS) is 28.6. The Kier molecular flexibility index (Phi) is 4.60. The fraction of sp³-hybridized carbons (Fsp3) is 0.450. The molecule has 1 aliphatic heterocycles. The summed E-state index contributed by atoms with van der Waals surface area (Å²) in [5.74, 6) is -0.0455. The number of hydrogen-bond acceptors (Lipinski definition) is 7. The minimum absolute atomic E-state index is 0.115. The molecule has 2 heterocycles. The molecule has 0 saturated heterocycles. The topological polar surface area (TPSA) is 102 Å². The van der Waals surface area contributed by atoms with Gasteiger partial charge in [-0.3, -0.25) is 4.79 Å². The fourth-order valence-electron chi connectivity index (χ4n) is 3.34. The molecule has 0 saturated carbocycles. The van der Waals surface area contributed by atoms with Crippen molar-refractivity contribution in [1.29, 1.82) is 5.26 Å². The van der Waals surface area contributed by atoms with Crippen molar-refractivity contribution < 1.29 is 24.1 Å². The summed E-state index contributed by atoms with van der Waals surface area (Å²) in [6.07, 6.45) is 4.29. The Morgan fingerprint density at radius 1 is 1.48 bits per heavy atom. The highest BCUT2D eigenvalue weighted by Gasteiger charge is 2.48. The summed E-state index contributed by atoms with van der Waals surface area (Å²) in [5.41, 5.74) is -1.25. The Balaban J connectivity index is 2.02. The third-order valence-corrected chi connectivity index (χ3v) is 5.06. The monoisotopic (exact) mass is 370 g/mol. The fourth-order valence-corrected chi connectivity index (χ4v) is 3.34. The zero-order valence-corrected chi connectivity index (χ0v) is 15.7. The first-order valence-corrected chi connectivity index (χ1v) is 8.70. The lowest BCUT2D eigenvalue weighted by Crippen LogP contribution is -2.50. The maximum absolute atomic E-state index is 11.5. The summed E-state index contributed by atoms with van der Waals surface area (Å²) in [6, 6.07) is 5.37. The van der Waals surface area contributed by atoms with Crippen molar-refractivity contribution in [1.82, 2.24) is 4.98 Å². The van der Waals surface area contributed by atoms with Gasteiger partial charge in [0.15, 0.2) is 5.75 Å². The predicted molar refractivity (Wildman–Crippen MR) is 95.5 cm³/mol. The Bertz CT molecular complexity index is 867. The van der Waals surface area contributed by atoms with Gasteiger partial charge in [-0.25, -0.2) is 4.98 Å². The second-order valence-corrected chi connectivity index (χ2v) is 7.35. The average Bonchev–Trinajstić information content (AvgIpc) is 2.60. The van der Waals surface area contributed by atoms with Crippen LogP contribution < -0.4 is 4.74 Å². The molecule has 0 aromatic carbocycles. The van der Waals surface area contributed by atoms with Gasteiger partial charge < -0.3 is 19.3 Å². The molecule has 3 unspecified atom stereocenters. The Labute approximate surface area is 157 Å². The molecule has 0 bridgehead atoms. The van der Waals surface area contributed by atoms with E-state index in [4.69, 9.17) is 14.2 Å². The Hall–Kier alpha value is -3.01. The van der Waals surface area contributed by atoms with Gasteiger partial charge in [0.05, 0.1) is 0 Å². The third-order valence-electron chi connectivity index (χ3n) is 5.06. The number of nitrogens with zero attached hydrogens (tertiary/aromatic N) is 2. The van der Waals surface area contributed by atoms with Crippen LogP contribution in [0.2, 0.25) is 0 Å². The lowest BCUT2D eigenvalue weighted by molar-refractivity contribution is -0.149. The van der Waals surface area contributed by atoms with E-state index in [-0.39, 0.29) is 24.0 Å². The molecule has 2 aliphatic rings. The van der Waals surface area contributed by atoms with Crippen molar-refractivity contribution in [3.8, 4) is 17.7 Å². The molecule has 3 atom stereocenters. The van der Waals surface area contributed by atoms with Gasteiger partial charge in [0.1, 0.15) is 23.5 Å². The van der Waals surface area contributed by atoms with Gasteiger partial charge in [-0.1, -0.05) is 6.92 Å². The molecular formula is C20H22N2O5. The quantitative estimate of drug-likeness (QED) is 0.816. The number of allylic oxidation sites excluding steroid dienone is 1. The van der Waals surface area contributed by atoms with Crippen LogP contribution in [0.4, 0.5) is 0 Å². The minimum atomic E-state index is -1.41. The highest BCUT2D eigenvalue weighted by Crippen LogP contribution is 2.45. The van der Waals surface area contributed by atoms with Crippen molar-refractivity contribution in [2.75, 3.05) is 0 Å². The van der Waals surface area contributed by atoms with E-state index in [9.17, 15) is 15.2 Å². The van der Waals surface area contributed by atoms with E-state index < -0.39 is 23.3 Å². The van der Waals surface area contributed by atoms with Gasteiger partial charge in [-0.15, -0.1) is 0 Å². The molecule has 0 spiro atoms. The third kappa shape index (κ3) is 3.47. The number of aromatic hydroxyl groups is 1. The minimum Gasteiger partial charge on any atom is -0.491 e. The molecule has 7 heteroatoms. The van der Waals surface area contributed by atoms with E-state index in [0.29, 0.717) is 11.3 Å². The van der Waals surface area contributed by atoms with E-state index in [0.717, 1.165) is 0 Å². The number of aromatic nitrogens is 1. The average molecular weight is 370 g/mol. The number of carbonyl (C=O) groups is 1. The summed E-state index contributed by atoms with van der Waals surface area (Å²) >= 11 is 0. The number of rotatable bonds is 3. The maximum atomic E-state index is 11.5. The Morgan fingerprint density at radius 3 is 2.85 bits per heavy atom. The van der Waals surface area contributed by atoms with E-state index in [1.54, 1.807) is 18.2 Å². The Morgan fingerprint density at radius 2 is 2.22 bits per heavy atom. The molecule has 3 rings (SSSR count). The number of esters is 1. The summed E-state index contributed by atoms with van der Waals surface area (Å²) in [7, 11) is 0. The largest absolute Gasteiger partial charge is 0.491 e. The zero-order valence-electron chi connectivity index (χ0n) is 15.7. The van der Waals surface area contributed by atoms with Crippen LogP contribution in [0, 0.1) is 17.2 Å². The molecule has 0 radical (unpaired) electrons. The summed E-state index contributed by atoms with van der Waals surface area (Å²) in [4.78, 5) is 15.3. The van der Waals surface area contributed by atoms with Gasteiger partial charge >= 0.3 is 5.97 Å². The number of nitriles is 1. The highest BCUT2D eigenvalue weighted by molar-refractivity contribution is 5.67. The smallest absolute Gasteiger partial charge is 0.304 e. The molecule has 1 aromatic rings. The van der Waals surface area contributed by atoms with Gasteiger partial charge in [0, 0.05) is 31.0 Å². The van der Waals surface area contributed by atoms with Crippen molar-refractivity contribution in [3.05, 3.63) is 41.8 Å². The van der Waals surface area contributed by atoms with Crippen molar-refractivity contribution in [2.24, 2.45) is 5.92 Å². The van der Waals surface area contributed by atoms with Crippen LogP contribution in [0.5, 0.6) is 11.6 Å². The lowest BCUT2D eigenvalue weighted by Gasteiger charge is -2.46. The van der Waals surface area contributed by atoms with E-state index in [1.807, 2.05) is 20.8 Å². The molecule has 7 nitrogen and oxygen atoms in total. The number of carbonyl (C=O) groups excluding carboxylic acids is 1. The van der Waals surface area contributed by atoms with Crippen molar-refractivity contribution >= 4 is 5.97 Å². The lowest BCUT2D eigenvalue weighted by atomic mass is 9.76. The van der Waals surface area contributed by atoms with Crippen LogP contribution in [0.25, 0.3) is 0 Å². The molecule has 27 heavy (non-hydrogen) atoms. The van der Waals surface area contributed by atoms with Gasteiger partial charge in [0.25, 0.3) is 5.88 Å². The first kappa shape index (κ1) is 18.8. The van der Waals surface area contributed by atoms with E-state index in [1.165, 1.54) is 19.2 Å². The zero-order chi connectivity index (χ0) is 19.8. The van der Waals surface area contributed by atoms with E-state index >= 15 is 0 Å². The second kappa shape index (κ2) is 6.62.